The second-order valence-electron chi connectivity index (χ2n) is 8.77. The Labute approximate surface area is 176 Å². The third kappa shape index (κ3) is 18.8. The van der Waals surface area contributed by atoms with E-state index in [-0.39, 0.29) is 11.9 Å². The standard InChI is InChI=1S/C25H51NO2/c1-4-6-8-10-11-12-13-14-15-16-18-19-21-24(27)23(3)26-25(28)22-20-17-9-7-5-2/h23-24,27H,4-22H2,1-3H3,(H,26,28)/t23-,24-/m1/s1. The number of hydrogen-bond acceptors (Lipinski definition) is 2. The molecule has 0 aromatic rings. The van der Waals surface area contributed by atoms with E-state index < -0.39 is 6.10 Å². The highest BCUT2D eigenvalue weighted by atomic mass is 16.3. The van der Waals surface area contributed by atoms with Crippen LogP contribution in [-0.2, 0) is 4.79 Å². The van der Waals surface area contributed by atoms with E-state index in [0.717, 1.165) is 25.7 Å². The van der Waals surface area contributed by atoms with E-state index in [1.165, 1.54) is 89.9 Å². The van der Waals surface area contributed by atoms with Gasteiger partial charge in [-0.25, -0.2) is 0 Å². The van der Waals surface area contributed by atoms with Crippen molar-refractivity contribution in [1.82, 2.24) is 5.32 Å². The van der Waals surface area contributed by atoms with E-state index in [4.69, 9.17) is 0 Å². The maximum absolute atomic E-state index is 11.9. The van der Waals surface area contributed by atoms with Crippen molar-refractivity contribution < 1.29 is 9.90 Å². The molecule has 28 heavy (non-hydrogen) atoms. The molecule has 0 unspecified atom stereocenters. The highest BCUT2D eigenvalue weighted by Crippen LogP contribution is 2.14. The lowest BCUT2D eigenvalue weighted by atomic mass is 10.0. The molecule has 1 amide bonds. The van der Waals surface area contributed by atoms with Crippen LogP contribution in [0.5, 0.6) is 0 Å². The van der Waals surface area contributed by atoms with Crippen molar-refractivity contribution in [3.05, 3.63) is 0 Å². The van der Waals surface area contributed by atoms with E-state index in [0.29, 0.717) is 6.42 Å². The highest BCUT2D eigenvalue weighted by Gasteiger charge is 2.15. The molecule has 0 radical (unpaired) electrons. The van der Waals surface area contributed by atoms with Crippen LogP contribution in [0.25, 0.3) is 0 Å². The molecule has 0 spiro atoms. The first-order chi connectivity index (χ1) is 13.6. The van der Waals surface area contributed by atoms with Gasteiger partial charge < -0.3 is 10.4 Å². The zero-order chi connectivity index (χ0) is 20.9. The molecule has 0 aliphatic rings. The molecule has 0 heterocycles. The molecule has 0 aromatic heterocycles. The van der Waals surface area contributed by atoms with Gasteiger partial charge in [0.05, 0.1) is 12.1 Å². The molecule has 2 N–H and O–H groups in total. The van der Waals surface area contributed by atoms with Crippen molar-refractivity contribution in [3.63, 3.8) is 0 Å². The van der Waals surface area contributed by atoms with Crippen molar-refractivity contribution in [2.24, 2.45) is 0 Å². The van der Waals surface area contributed by atoms with Crippen LogP contribution in [0.4, 0.5) is 0 Å². The smallest absolute Gasteiger partial charge is 0.220 e. The Morgan fingerprint density at radius 2 is 1.07 bits per heavy atom. The summed E-state index contributed by atoms with van der Waals surface area (Å²) in [6.07, 6.45) is 22.8. The molecule has 0 saturated heterocycles. The fraction of sp³-hybridized carbons (Fsp3) is 0.960. The van der Waals surface area contributed by atoms with Gasteiger partial charge in [0.25, 0.3) is 0 Å². The molecule has 2 atom stereocenters. The van der Waals surface area contributed by atoms with Crippen molar-refractivity contribution in [3.8, 4) is 0 Å². The van der Waals surface area contributed by atoms with Gasteiger partial charge >= 0.3 is 0 Å². The third-order valence-corrected chi connectivity index (χ3v) is 5.83. The molecule has 3 nitrogen and oxygen atoms in total. The van der Waals surface area contributed by atoms with Gasteiger partial charge in [0.1, 0.15) is 0 Å². The second-order valence-corrected chi connectivity index (χ2v) is 8.77. The molecular formula is C25H51NO2. The summed E-state index contributed by atoms with van der Waals surface area (Å²) in [5, 5.41) is 13.2. The minimum atomic E-state index is -0.410. The molecular weight excluding hydrogens is 346 g/mol. The summed E-state index contributed by atoms with van der Waals surface area (Å²) in [6, 6.07) is -0.129. The largest absolute Gasteiger partial charge is 0.391 e. The molecule has 0 fully saturated rings. The Kier molecular flexibility index (Phi) is 20.7. The number of hydrogen-bond donors (Lipinski definition) is 2. The summed E-state index contributed by atoms with van der Waals surface area (Å²) >= 11 is 0. The fourth-order valence-corrected chi connectivity index (χ4v) is 3.76. The zero-order valence-electron chi connectivity index (χ0n) is 19.4. The normalized spacial score (nSPS) is 13.4. The number of rotatable bonds is 21. The molecule has 0 rings (SSSR count). The van der Waals surface area contributed by atoms with Crippen LogP contribution in [0.15, 0.2) is 0 Å². The fourth-order valence-electron chi connectivity index (χ4n) is 3.76. The van der Waals surface area contributed by atoms with Crippen LogP contribution in [-0.4, -0.2) is 23.2 Å². The Bertz CT molecular complexity index is 333. The van der Waals surface area contributed by atoms with Crippen LogP contribution in [0, 0.1) is 0 Å². The molecule has 0 aliphatic heterocycles. The Hall–Kier alpha value is -0.570. The third-order valence-electron chi connectivity index (χ3n) is 5.83. The quantitative estimate of drug-likeness (QED) is 0.200. The summed E-state index contributed by atoms with van der Waals surface area (Å²) in [4.78, 5) is 11.9. The average molecular weight is 398 g/mol. The maximum Gasteiger partial charge on any atom is 0.220 e. The molecule has 168 valence electrons. The Balaban J connectivity index is 3.45. The lowest BCUT2D eigenvalue weighted by Crippen LogP contribution is -2.41. The van der Waals surface area contributed by atoms with E-state index >= 15 is 0 Å². The Morgan fingerprint density at radius 1 is 0.679 bits per heavy atom. The first-order valence-corrected chi connectivity index (χ1v) is 12.6. The molecule has 3 heteroatoms. The van der Waals surface area contributed by atoms with Crippen molar-refractivity contribution in [2.45, 2.75) is 155 Å². The number of carbonyl (C=O) groups is 1. The van der Waals surface area contributed by atoms with Gasteiger partial charge in [0, 0.05) is 6.42 Å². The van der Waals surface area contributed by atoms with E-state index in [1.54, 1.807) is 0 Å². The number of unbranched alkanes of at least 4 members (excludes halogenated alkanes) is 15. The van der Waals surface area contributed by atoms with Crippen LogP contribution < -0.4 is 5.32 Å². The number of carbonyl (C=O) groups excluding carboxylic acids is 1. The average Bonchev–Trinajstić information content (AvgIpc) is 2.68. The summed E-state index contributed by atoms with van der Waals surface area (Å²) in [5.74, 6) is 0.0951. The maximum atomic E-state index is 11.9. The van der Waals surface area contributed by atoms with Gasteiger partial charge in [-0.05, 0) is 19.8 Å². The number of amides is 1. The minimum Gasteiger partial charge on any atom is -0.391 e. The van der Waals surface area contributed by atoms with Crippen LogP contribution >= 0.6 is 0 Å². The summed E-state index contributed by atoms with van der Waals surface area (Å²) in [5.41, 5.74) is 0. The SMILES string of the molecule is CCCCCCCCCCCCCC[C@@H](O)[C@@H](C)NC(=O)CCCCCCC. The highest BCUT2D eigenvalue weighted by molar-refractivity contribution is 5.76. The van der Waals surface area contributed by atoms with E-state index in [2.05, 4.69) is 19.2 Å². The number of nitrogens with one attached hydrogen (secondary N) is 1. The lowest BCUT2D eigenvalue weighted by molar-refractivity contribution is -0.122. The van der Waals surface area contributed by atoms with Gasteiger partial charge in [-0.1, -0.05) is 117 Å². The van der Waals surface area contributed by atoms with Gasteiger partial charge in [0.2, 0.25) is 5.91 Å². The van der Waals surface area contributed by atoms with E-state index in [9.17, 15) is 9.90 Å². The number of aliphatic hydroxyl groups excluding tert-OH is 1. The first kappa shape index (κ1) is 27.4. The van der Waals surface area contributed by atoms with Crippen molar-refractivity contribution >= 4 is 5.91 Å². The second kappa shape index (κ2) is 21.1. The minimum absolute atomic E-state index is 0.0951. The molecule has 0 bridgehead atoms. The van der Waals surface area contributed by atoms with Crippen LogP contribution in [0.3, 0.4) is 0 Å². The van der Waals surface area contributed by atoms with Gasteiger partial charge in [-0.15, -0.1) is 0 Å². The Morgan fingerprint density at radius 3 is 1.54 bits per heavy atom. The lowest BCUT2D eigenvalue weighted by Gasteiger charge is -2.20. The summed E-state index contributed by atoms with van der Waals surface area (Å²) in [7, 11) is 0. The monoisotopic (exact) mass is 397 g/mol. The summed E-state index contributed by atoms with van der Waals surface area (Å²) < 4.78 is 0. The zero-order valence-corrected chi connectivity index (χ0v) is 19.4. The summed E-state index contributed by atoms with van der Waals surface area (Å²) in [6.45, 7) is 6.40. The topological polar surface area (TPSA) is 49.3 Å². The van der Waals surface area contributed by atoms with E-state index in [1.807, 2.05) is 6.92 Å². The van der Waals surface area contributed by atoms with Gasteiger partial charge in [0.15, 0.2) is 0 Å². The van der Waals surface area contributed by atoms with Gasteiger partial charge in [-0.2, -0.15) is 0 Å². The number of aliphatic hydroxyl groups is 1. The van der Waals surface area contributed by atoms with Crippen molar-refractivity contribution in [1.29, 1.82) is 0 Å². The predicted molar refractivity (Wildman–Crippen MR) is 123 cm³/mol. The molecule has 0 aliphatic carbocycles. The predicted octanol–water partition coefficient (Wildman–Crippen LogP) is 7.30. The van der Waals surface area contributed by atoms with Crippen LogP contribution in [0.2, 0.25) is 0 Å². The van der Waals surface area contributed by atoms with Crippen molar-refractivity contribution in [2.75, 3.05) is 0 Å². The first-order valence-electron chi connectivity index (χ1n) is 12.6. The molecule has 0 saturated carbocycles. The van der Waals surface area contributed by atoms with Gasteiger partial charge in [-0.3, -0.25) is 4.79 Å². The van der Waals surface area contributed by atoms with Crippen LogP contribution in [0.1, 0.15) is 143 Å². The molecule has 0 aromatic carbocycles.